The Labute approximate surface area is 67.7 Å². The largest absolute Gasteiger partial charge is 0.0785 e. The summed E-state index contributed by atoms with van der Waals surface area (Å²) in [4.78, 5) is 0. The van der Waals surface area contributed by atoms with Crippen LogP contribution in [0.3, 0.4) is 0 Å². The van der Waals surface area contributed by atoms with Crippen LogP contribution in [0.5, 0.6) is 0 Å². The molecule has 0 amide bonds. The van der Waals surface area contributed by atoms with Gasteiger partial charge >= 0.3 is 0 Å². The third-order valence-corrected chi connectivity index (χ3v) is 4.67. The number of hydrogen-bond donors (Lipinski definition) is 0. The van der Waals surface area contributed by atoms with Crippen molar-refractivity contribution in [1.29, 1.82) is 0 Å². The van der Waals surface area contributed by atoms with Crippen LogP contribution >= 0.6 is 0 Å². The number of hydrogen-bond acceptors (Lipinski definition) is 0. The van der Waals surface area contributed by atoms with E-state index in [-0.39, 0.29) is 0 Å². The van der Waals surface area contributed by atoms with E-state index in [1.165, 1.54) is 25.7 Å². The second-order valence-electron chi connectivity index (χ2n) is 5.30. The van der Waals surface area contributed by atoms with E-state index in [2.05, 4.69) is 6.08 Å². The molecule has 0 bridgehead atoms. The average molecular weight is 146 g/mol. The van der Waals surface area contributed by atoms with Gasteiger partial charge in [0.05, 0.1) is 0 Å². The Morgan fingerprint density at radius 2 is 2.27 bits per heavy atom. The van der Waals surface area contributed by atoms with E-state index >= 15 is 0 Å². The first-order chi connectivity index (χ1) is 5.33. The van der Waals surface area contributed by atoms with Crippen LogP contribution in [0, 0.1) is 16.7 Å². The van der Waals surface area contributed by atoms with Crippen molar-refractivity contribution < 1.29 is 0 Å². The molecule has 0 nitrogen and oxygen atoms in total. The standard InChI is InChI=1S/C11H14/c1-2-9-6-11(9)7-10(3-4-10)5-8(1)11/h5,9H,1-4,6-7H2/t9-,11?/m0/s1. The molecule has 0 aromatic carbocycles. The molecule has 2 atom stereocenters. The van der Waals surface area contributed by atoms with Crippen LogP contribution < -0.4 is 0 Å². The zero-order valence-corrected chi connectivity index (χ0v) is 6.90. The molecule has 58 valence electrons. The summed E-state index contributed by atoms with van der Waals surface area (Å²) in [6.45, 7) is 0. The van der Waals surface area contributed by atoms with Gasteiger partial charge in [0.1, 0.15) is 0 Å². The summed E-state index contributed by atoms with van der Waals surface area (Å²) in [6, 6.07) is 0. The Kier molecular flexibility index (Phi) is 0.596. The third-order valence-electron chi connectivity index (χ3n) is 4.67. The maximum Gasteiger partial charge on any atom is -0.00480 e. The van der Waals surface area contributed by atoms with E-state index < -0.39 is 0 Å². The highest BCUT2D eigenvalue weighted by molar-refractivity contribution is 5.40. The van der Waals surface area contributed by atoms with Crippen molar-refractivity contribution in [2.45, 2.75) is 38.5 Å². The molecular formula is C11H14. The summed E-state index contributed by atoms with van der Waals surface area (Å²) >= 11 is 0. The molecule has 4 aliphatic rings. The highest BCUT2D eigenvalue weighted by Gasteiger charge is 2.67. The van der Waals surface area contributed by atoms with Crippen molar-refractivity contribution in [1.82, 2.24) is 0 Å². The molecular weight excluding hydrogens is 132 g/mol. The monoisotopic (exact) mass is 146 g/mol. The van der Waals surface area contributed by atoms with Gasteiger partial charge in [0.25, 0.3) is 0 Å². The smallest absolute Gasteiger partial charge is 0.00480 e. The van der Waals surface area contributed by atoms with Crippen molar-refractivity contribution in [3.05, 3.63) is 11.6 Å². The fraction of sp³-hybridized carbons (Fsp3) is 0.818. The van der Waals surface area contributed by atoms with Crippen LogP contribution in [0.15, 0.2) is 11.6 Å². The van der Waals surface area contributed by atoms with Crippen LogP contribution in [0.4, 0.5) is 0 Å². The Bertz CT molecular complexity index is 270. The van der Waals surface area contributed by atoms with E-state index in [0.717, 1.165) is 16.7 Å². The first-order valence-corrected chi connectivity index (χ1v) is 5.05. The molecule has 0 aliphatic heterocycles. The SMILES string of the molecule is C1=C2CC[C@H]3CC23CC12CC2. The van der Waals surface area contributed by atoms with Crippen molar-refractivity contribution in [2.75, 3.05) is 0 Å². The molecule has 4 aliphatic carbocycles. The minimum absolute atomic E-state index is 0.782. The van der Waals surface area contributed by atoms with Gasteiger partial charge in [0.15, 0.2) is 0 Å². The topological polar surface area (TPSA) is 0 Å². The maximum absolute atomic E-state index is 2.68. The van der Waals surface area contributed by atoms with Crippen molar-refractivity contribution >= 4 is 0 Å². The van der Waals surface area contributed by atoms with Crippen LogP contribution in [0.1, 0.15) is 38.5 Å². The fourth-order valence-corrected chi connectivity index (χ4v) is 3.81. The molecule has 0 aromatic rings. The molecule has 0 N–H and O–H groups in total. The normalized spacial score (nSPS) is 53.8. The van der Waals surface area contributed by atoms with Crippen LogP contribution in [-0.4, -0.2) is 0 Å². The molecule has 11 heavy (non-hydrogen) atoms. The van der Waals surface area contributed by atoms with Gasteiger partial charge < -0.3 is 0 Å². The summed E-state index contributed by atoms with van der Waals surface area (Å²) in [5, 5.41) is 0. The van der Waals surface area contributed by atoms with E-state index in [0.29, 0.717) is 0 Å². The van der Waals surface area contributed by atoms with Gasteiger partial charge in [0, 0.05) is 0 Å². The van der Waals surface area contributed by atoms with E-state index in [1.54, 1.807) is 12.8 Å². The van der Waals surface area contributed by atoms with E-state index in [9.17, 15) is 0 Å². The minimum Gasteiger partial charge on any atom is -0.0785 e. The van der Waals surface area contributed by atoms with Crippen molar-refractivity contribution in [3.63, 3.8) is 0 Å². The van der Waals surface area contributed by atoms with Crippen LogP contribution in [0.25, 0.3) is 0 Å². The van der Waals surface area contributed by atoms with Crippen molar-refractivity contribution in [2.24, 2.45) is 16.7 Å². The second-order valence-corrected chi connectivity index (χ2v) is 5.30. The van der Waals surface area contributed by atoms with Gasteiger partial charge in [-0.1, -0.05) is 11.6 Å². The zero-order chi connectivity index (χ0) is 7.10. The molecule has 0 aromatic heterocycles. The molecule has 0 heterocycles. The highest BCUT2D eigenvalue weighted by Crippen LogP contribution is 2.78. The molecule has 0 heteroatoms. The van der Waals surface area contributed by atoms with Gasteiger partial charge in [-0.3, -0.25) is 0 Å². The van der Waals surface area contributed by atoms with Gasteiger partial charge in [-0.25, -0.2) is 0 Å². The maximum atomic E-state index is 2.68. The molecule has 0 saturated heterocycles. The summed E-state index contributed by atoms with van der Waals surface area (Å²) in [5.41, 5.74) is 3.50. The lowest BCUT2D eigenvalue weighted by Crippen LogP contribution is -1.99. The third kappa shape index (κ3) is 0.457. The number of rotatable bonds is 0. The van der Waals surface area contributed by atoms with Gasteiger partial charge in [-0.2, -0.15) is 0 Å². The molecule has 3 saturated carbocycles. The van der Waals surface area contributed by atoms with E-state index in [4.69, 9.17) is 0 Å². The van der Waals surface area contributed by atoms with Gasteiger partial charge in [-0.05, 0) is 55.3 Å². The highest BCUT2D eigenvalue weighted by atomic mass is 14.7. The van der Waals surface area contributed by atoms with E-state index in [1.807, 2.05) is 5.57 Å². The minimum atomic E-state index is 0.782. The zero-order valence-electron chi connectivity index (χ0n) is 6.90. The summed E-state index contributed by atoms with van der Waals surface area (Å²) < 4.78 is 0. The average Bonchev–Trinajstić information content (AvgIpc) is 2.75. The number of allylic oxidation sites excluding steroid dienone is 2. The Hall–Kier alpha value is -0.260. The molecule has 3 fully saturated rings. The van der Waals surface area contributed by atoms with Crippen molar-refractivity contribution in [3.8, 4) is 0 Å². The molecule has 4 rings (SSSR count). The molecule has 0 radical (unpaired) electrons. The molecule has 1 unspecified atom stereocenters. The predicted octanol–water partition coefficient (Wildman–Crippen LogP) is 2.90. The lowest BCUT2D eigenvalue weighted by atomic mass is 9.96. The summed E-state index contributed by atoms with van der Waals surface area (Å²) in [6.07, 6.45) is 11.9. The second kappa shape index (κ2) is 1.22. The van der Waals surface area contributed by atoms with Gasteiger partial charge in [-0.15, -0.1) is 0 Å². The van der Waals surface area contributed by atoms with Crippen LogP contribution in [-0.2, 0) is 0 Å². The Morgan fingerprint density at radius 3 is 2.91 bits per heavy atom. The van der Waals surface area contributed by atoms with Gasteiger partial charge in [0.2, 0.25) is 0 Å². The quantitative estimate of drug-likeness (QED) is 0.461. The Morgan fingerprint density at radius 1 is 1.36 bits per heavy atom. The lowest BCUT2D eigenvalue weighted by molar-refractivity contribution is 0.472. The summed E-state index contributed by atoms with van der Waals surface area (Å²) in [7, 11) is 0. The predicted molar refractivity (Wildman–Crippen MR) is 44.1 cm³/mol. The summed E-state index contributed by atoms with van der Waals surface area (Å²) in [5.74, 6) is 1.15. The first kappa shape index (κ1) is 5.40. The fourth-order valence-electron chi connectivity index (χ4n) is 3.81. The molecule has 2 spiro atoms. The lowest BCUT2D eigenvalue weighted by Gasteiger charge is -2.08. The Balaban J connectivity index is 1.87. The van der Waals surface area contributed by atoms with Crippen LogP contribution in [0.2, 0.25) is 0 Å². The first-order valence-electron chi connectivity index (χ1n) is 5.05.